The van der Waals surface area contributed by atoms with Gasteiger partial charge in [0.15, 0.2) is 0 Å². The topological polar surface area (TPSA) is 76.7 Å². The van der Waals surface area contributed by atoms with Crippen molar-refractivity contribution < 1.29 is 9.53 Å². The van der Waals surface area contributed by atoms with Gasteiger partial charge in [0, 0.05) is 11.3 Å². The van der Waals surface area contributed by atoms with Crippen molar-refractivity contribution >= 4 is 17.8 Å². The summed E-state index contributed by atoms with van der Waals surface area (Å²) in [6, 6.07) is 14.2. The van der Waals surface area contributed by atoms with Crippen LogP contribution in [0.1, 0.15) is 35.7 Å². The molecule has 0 fully saturated rings. The van der Waals surface area contributed by atoms with Crippen LogP contribution < -0.4 is 15.9 Å². The fourth-order valence-electron chi connectivity index (χ4n) is 1.85. The monoisotopic (exact) mass is 311 g/mol. The zero-order valence-electron chi connectivity index (χ0n) is 13.2. The number of nitrogen functional groups attached to an aromatic ring is 1. The van der Waals surface area contributed by atoms with Gasteiger partial charge in [0.05, 0.1) is 12.8 Å². The number of benzene rings is 2. The van der Waals surface area contributed by atoms with Crippen LogP contribution in [0.5, 0.6) is 5.75 Å². The minimum atomic E-state index is -0.277. The summed E-state index contributed by atoms with van der Waals surface area (Å²) >= 11 is 0. The van der Waals surface area contributed by atoms with E-state index in [2.05, 4.69) is 17.5 Å². The summed E-state index contributed by atoms with van der Waals surface area (Å²) < 4.78 is 5.59. The highest BCUT2D eigenvalue weighted by Crippen LogP contribution is 2.11. The Morgan fingerprint density at radius 2 is 1.87 bits per heavy atom. The highest BCUT2D eigenvalue weighted by atomic mass is 16.5. The molecular weight excluding hydrogens is 290 g/mol. The van der Waals surface area contributed by atoms with Gasteiger partial charge in [-0.15, -0.1) is 0 Å². The standard InChI is InChI=1S/C18H21N3O2/c1-2-3-12-23-17-10-4-14(5-11-17)13-20-21-18(22)15-6-8-16(19)9-7-15/h4-11,13H,2-3,12,19H2,1H3,(H,21,22)/b20-13+. The first kappa shape index (κ1) is 16.5. The number of unbranched alkanes of at least 4 members (excludes halogenated alkanes) is 1. The van der Waals surface area contributed by atoms with Crippen LogP contribution in [0.2, 0.25) is 0 Å². The summed E-state index contributed by atoms with van der Waals surface area (Å²) in [7, 11) is 0. The molecule has 0 saturated heterocycles. The molecule has 0 radical (unpaired) electrons. The molecule has 0 aliphatic heterocycles. The Balaban J connectivity index is 1.85. The molecule has 0 aliphatic carbocycles. The maximum Gasteiger partial charge on any atom is 0.271 e. The van der Waals surface area contributed by atoms with E-state index in [4.69, 9.17) is 10.5 Å². The molecule has 2 rings (SSSR count). The number of amides is 1. The highest BCUT2D eigenvalue weighted by Gasteiger charge is 2.02. The van der Waals surface area contributed by atoms with Gasteiger partial charge >= 0.3 is 0 Å². The predicted molar refractivity (Wildman–Crippen MR) is 92.8 cm³/mol. The van der Waals surface area contributed by atoms with Gasteiger partial charge < -0.3 is 10.5 Å². The lowest BCUT2D eigenvalue weighted by atomic mass is 10.2. The summed E-state index contributed by atoms with van der Waals surface area (Å²) in [5.41, 5.74) is 10.1. The van der Waals surface area contributed by atoms with Gasteiger partial charge in [-0.25, -0.2) is 5.43 Å². The molecule has 120 valence electrons. The van der Waals surface area contributed by atoms with Gasteiger partial charge in [0.2, 0.25) is 0 Å². The van der Waals surface area contributed by atoms with E-state index in [-0.39, 0.29) is 5.91 Å². The van der Waals surface area contributed by atoms with E-state index in [0.29, 0.717) is 11.3 Å². The van der Waals surface area contributed by atoms with E-state index in [9.17, 15) is 4.79 Å². The first-order valence-electron chi connectivity index (χ1n) is 7.61. The van der Waals surface area contributed by atoms with Crippen molar-refractivity contribution in [1.29, 1.82) is 0 Å². The molecule has 2 aromatic carbocycles. The quantitative estimate of drug-likeness (QED) is 0.357. The van der Waals surface area contributed by atoms with E-state index >= 15 is 0 Å². The number of hydrazone groups is 1. The van der Waals surface area contributed by atoms with E-state index in [1.807, 2.05) is 24.3 Å². The largest absolute Gasteiger partial charge is 0.494 e. The maximum atomic E-state index is 11.9. The number of carbonyl (C=O) groups excluding carboxylic acids is 1. The van der Waals surface area contributed by atoms with Crippen LogP contribution in [0, 0.1) is 0 Å². The molecule has 0 spiro atoms. The van der Waals surface area contributed by atoms with Crippen LogP contribution in [-0.4, -0.2) is 18.7 Å². The highest BCUT2D eigenvalue weighted by molar-refractivity contribution is 5.95. The molecule has 5 heteroatoms. The minimum absolute atomic E-state index is 0.277. The molecule has 23 heavy (non-hydrogen) atoms. The van der Waals surface area contributed by atoms with Crippen LogP contribution >= 0.6 is 0 Å². The van der Waals surface area contributed by atoms with Crippen molar-refractivity contribution in [2.45, 2.75) is 19.8 Å². The second-order valence-electron chi connectivity index (χ2n) is 5.09. The van der Waals surface area contributed by atoms with Gasteiger partial charge in [-0.05, 0) is 60.5 Å². The second-order valence-corrected chi connectivity index (χ2v) is 5.09. The SMILES string of the molecule is CCCCOc1ccc(/C=N/NC(=O)c2ccc(N)cc2)cc1. The van der Waals surface area contributed by atoms with E-state index in [1.165, 1.54) is 0 Å². The zero-order chi connectivity index (χ0) is 16.5. The molecule has 1 amide bonds. The van der Waals surface area contributed by atoms with Crippen molar-refractivity contribution in [3.8, 4) is 5.75 Å². The molecule has 0 heterocycles. The molecule has 3 N–H and O–H groups in total. The number of nitrogens with zero attached hydrogens (tertiary/aromatic N) is 1. The molecule has 0 bridgehead atoms. The summed E-state index contributed by atoms with van der Waals surface area (Å²) in [5.74, 6) is 0.558. The summed E-state index contributed by atoms with van der Waals surface area (Å²) in [6.07, 6.45) is 3.74. The van der Waals surface area contributed by atoms with Crippen molar-refractivity contribution in [2.75, 3.05) is 12.3 Å². The fourth-order valence-corrected chi connectivity index (χ4v) is 1.85. The molecule has 2 aromatic rings. The van der Waals surface area contributed by atoms with Gasteiger partial charge in [-0.3, -0.25) is 4.79 Å². The van der Waals surface area contributed by atoms with Crippen molar-refractivity contribution in [2.24, 2.45) is 5.10 Å². The Hall–Kier alpha value is -2.82. The third-order valence-corrected chi connectivity index (χ3v) is 3.20. The van der Waals surface area contributed by atoms with Gasteiger partial charge in [-0.1, -0.05) is 13.3 Å². The summed E-state index contributed by atoms with van der Waals surface area (Å²) in [6.45, 7) is 2.85. The fraction of sp³-hybridized carbons (Fsp3) is 0.222. The summed E-state index contributed by atoms with van der Waals surface area (Å²) in [5, 5.41) is 3.95. The average molecular weight is 311 g/mol. The minimum Gasteiger partial charge on any atom is -0.494 e. The molecule has 0 atom stereocenters. The molecular formula is C18H21N3O2. The first-order chi connectivity index (χ1) is 11.2. The lowest BCUT2D eigenvalue weighted by molar-refractivity contribution is 0.0955. The summed E-state index contributed by atoms with van der Waals surface area (Å²) in [4.78, 5) is 11.9. The Kier molecular flexibility index (Phi) is 6.17. The lowest BCUT2D eigenvalue weighted by Crippen LogP contribution is -2.17. The number of carbonyl (C=O) groups is 1. The van der Waals surface area contributed by atoms with Crippen LogP contribution in [-0.2, 0) is 0 Å². The first-order valence-corrected chi connectivity index (χ1v) is 7.61. The van der Waals surface area contributed by atoms with Crippen molar-refractivity contribution in [3.05, 3.63) is 59.7 Å². The average Bonchev–Trinajstić information content (AvgIpc) is 2.57. The maximum absolute atomic E-state index is 11.9. The Morgan fingerprint density at radius 1 is 1.17 bits per heavy atom. The number of anilines is 1. The number of nitrogens with one attached hydrogen (secondary N) is 1. The second kappa shape index (κ2) is 8.58. The van der Waals surface area contributed by atoms with Crippen LogP contribution in [0.4, 0.5) is 5.69 Å². The third kappa shape index (κ3) is 5.47. The molecule has 0 aliphatic rings. The molecule has 0 unspecified atom stereocenters. The zero-order valence-corrected chi connectivity index (χ0v) is 13.2. The van der Waals surface area contributed by atoms with Crippen molar-refractivity contribution in [1.82, 2.24) is 5.43 Å². The molecule has 0 saturated carbocycles. The molecule has 0 aromatic heterocycles. The number of rotatable bonds is 7. The normalized spacial score (nSPS) is 10.7. The van der Waals surface area contributed by atoms with Crippen LogP contribution in [0.3, 0.4) is 0 Å². The number of hydrogen-bond acceptors (Lipinski definition) is 4. The van der Waals surface area contributed by atoms with Gasteiger partial charge in [0.1, 0.15) is 5.75 Å². The van der Waals surface area contributed by atoms with Gasteiger partial charge in [-0.2, -0.15) is 5.10 Å². The number of hydrogen-bond donors (Lipinski definition) is 2. The Bertz CT molecular complexity index is 649. The lowest BCUT2D eigenvalue weighted by Gasteiger charge is -2.05. The smallest absolute Gasteiger partial charge is 0.271 e. The number of ether oxygens (including phenoxy) is 1. The van der Waals surface area contributed by atoms with E-state index in [1.54, 1.807) is 30.5 Å². The Labute approximate surface area is 136 Å². The van der Waals surface area contributed by atoms with Crippen LogP contribution in [0.25, 0.3) is 0 Å². The number of nitrogens with two attached hydrogens (primary N) is 1. The third-order valence-electron chi connectivity index (χ3n) is 3.20. The van der Waals surface area contributed by atoms with E-state index in [0.717, 1.165) is 30.8 Å². The van der Waals surface area contributed by atoms with Gasteiger partial charge in [0.25, 0.3) is 5.91 Å². The van der Waals surface area contributed by atoms with Crippen molar-refractivity contribution in [3.63, 3.8) is 0 Å². The van der Waals surface area contributed by atoms with Crippen LogP contribution in [0.15, 0.2) is 53.6 Å². The predicted octanol–water partition coefficient (Wildman–Crippen LogP) is 3.21. The molecule has 5 nitrogen and oxygen atoms in total. The Morgan fingerprint density at radius 3 is 2.52 bits per heavy atom. The van der Waals surface area contributed by atoms with E-state index < -0.39 is 0 Å².